The minimum absolute atomic E-state index is 0.139. The van der Waals surface area contributed by atoms with E-state index in [-0.39, 0.29) is 17.9 Å². The molecule has 5 rings (SSSR count). The molecule has 0 saturated heterocycles. The smallest absolute Gasteiger partial charge is 0.420 e. The van der Waals surface area contributed by atoms with Crippen LogP contribution < -0.4 is 15.0 Å². The van der Waals surface area contributed by atoms with Gasteiger partial charge >= 0.3 is 6.09 Å². The highest BCUT2D eigenvalue weighted by Gasteiger charge is 2.23. The predicted octanol–water partition coefficient (Wildman–Crippen LogP) is 7.62. The average Bonchev–Trinajstić information content (AvgIpc) is 2.94. The summed E-state index contributed by atoms with van der Waals surface area (Å²) in [7, 11) is 0. The lowest BCUT2D eigenvalue weighted by molar-refractivity contribution is 0.102. The number of aryl methyl sites for hydroxylation is 2. The van der Waals surface area contributed by atoms with Gasteiger partial charge in [0.05, 0.1) is 17.8 Å². The van der Waals surface area contributed by atoms with Crippen LogP contribution in [0.4, 0.5) is 16.2 Å². The largest absolute Gasteiger partial charge is 0.506 e. The monoisotopic (exact) mass is 516 g/mol. The van der Waals surface area contributed by atoms with E-state index < -0.39 is 12.0 Å². The molecule has 0 aliphatic rings. The highest BCUT2D eigenvalue weighted by molar-refractivity contribution is 6.12. The van der Waals surface area contributed by atoms with E-state index in [1.807, 2.05) is 68.4 Å². The second kappa shape index (κ2) is 11.1. The van der Waals surface area contributed by atoms with Crippen LogP contribution >= 0.6 is 0 Å². The van der Waals surface area contributed by atoms with E-state index in [1.54, 1.807) is 54.6 Å². The fourth-order valence-corrected chi connectivity index (χ4v) is 4.42. The molecule has 0 radical (unpaired) electrons. The molecule has 0 aliphatic heterocycles. The zero-order valence-corrected chi connectivity index (χ0v) is 21.7. The number of amides is 2. The number of anilines is 2. The SMILES string of the molecule is Cc1ccc(CN(C(=O)Oc2ccccc2)c2cccc3c(O)c(C(=O)Nc4ccccc4C)ccc23)cc1. The zero-order chi connectivity index (χ0) is 27.4. The van der Waals surface area contributed by atoms with Gasteiger partial charge in [0.2, 0.25) is 0 Å². The Labute approximate surface area is 227 Å². The number of aromatic hydroxyl groups is 1. The molecular weight excluding hydrogens is 488 g/mol. The number of fused-ring (bicyclic) bond motifs is 1. The molecule has 39 heavy (non-hydrogen) atoms. The van der Waals surface area contributed by atoms with Crippen LogP contribution in [0.15, 0.2) is 109 Å². The molecule has 0 spiro atoms. The van der Waals surface area contributed by atoms with E-state index in [2.05, 4.69) is 5.32 Å². The summed E-state index contributed by atoms with van der Waals surface area (Å²) >= 11 is 0. The molecular formula is C33H28N2O4. The third-order valence-corrected chi connectivity index (χ3v) is 6.57. The zero-order valence-electron chi connectivity index (χ0n) is 21.7. The van der Waals surface area contributed by atoms with Gasteiger partial charge in [0.1, 0.15) is 11.5 Å². The molecule has 6 heteroatoms. The lowest BCUT2D eigenvalue weighted by atomic mass is 10.0. The van der Waals surface area contributed by atoms with Gasteiger partial charge in [0.15, 0.2) is 0 Å². The molecule has 6 nitrogen and oxygen atoms in total. The van der Waals surface area contributed by atoms with Gasteiger partial charge in [-0.25, -0.2) is 4.79 Å². The van der Waals surface area contributed by atoms with Gasteiger partial charge in [-0.1, -0.05) is 84.4 Å². The Balaban J connectivity index is 1.53. The van der Waals surface area contributed by atoms with E-state index in [9.17, 15) is 14.7 Å². The first-order valence-electron chi connectivity index (χ1n) is 12.6. The van der Waals surface area contributed by atoms with E-state index in [1.165, 1.54) is 4.90 Å². The summed E-state index contributed by atoms with van der Waals surface area (Å²) in [6.45, 7) is 4.16. The Kier molecular flexibility index (Phi) is 7.28. The number of nitrogens with one attached hydrogen (secondary N) is 1. The van der Waals surface area contributed by atoms with Gasteiger partial charge < -0.3 is 15.2 Å². The Morgan fingerprint density at radius 1 is 0.769 bits per heavy atom. The number of hydrogen-bond acceptors (Lipinski definition) is 4. The summed E-state index contributed by atoms with van der Waals surface area (Å²) < 4.78 is 5.71. The first kappa shape index (κ1) is 25.5. The first-order chi connectivity index (χ1) is 18.9. The third-order valence-electron chi connectivity index (χ3n) is 6.57. The maximum Gasteiger partial charge on any atom is 0.420 e. The molecule has 0 bridgehead atoms. The summed E-state index contributed by atoms with van der Waals surface area (Å²) in [4.78, 5) is 28.1. The van der Waals surface area contributed by atoms with Crippen LogP contribution in [0.1, 0.15) is 27.0 Å². The van der Waals surface area contributed by atoms with Crippen molar-refractivity contribution in [2.75, 3.05) is 10.2 Å². The van der Waals surface area contributed by atoms with Crippen molar-refractivity contribution in [1.29, 1.82) is 0 Å². The van der Waals surface area contributed by atoms with Crippen LogP contribution in [0.5, 0.6) is 11.5 Å². The van der Waals surface area contributed by atoms with Gasteiger partial charge in [-0.05, 0) is 55.3 Å². The number of nitrogens with zero attached hydrogens (tertiary/aromatic N) is 1. The number of hydrogen-bond donors (Lipinski definition) is 2. The van der Waals surface area contributed by atoms with Gasteiger partial charge in [-0.15, -0.1) is 0 Å². The fraction of sp³-hybridized carbons (Fsp3) is 0.0909. The van der Waals surface area contributed by atoms with Crippen LogP contribution in [0, 0.1) is 13.8 Å². The molecule has 0 fully saturated rings. The van der Waals surface area contributed by atoms with Gasteiger partial charge in [0.25, 0.3) is 5.91 Å². The number of phenols is 1. The topological polar surface area (TPSA) is 78.9 Å². The van der Waals surface area contributed by atoms with Crippen molar-refractivity contribution in [3.05, 3.63) is 131 Å². The second-order valence-corrected chi connectivity index (χ2v) is 9.36. The van der Waals surface area contributed by atoms with Gasteiger partial charge in [0, 0.05) is 16.5 Å². The maximum absolute atomic E-state index is 13.5. The Bertz CT molecular complexity index is 1650. The van der Waals surface area contributed by atoms with Crippen LogP contribution in [0.25, 0.3) is 10.8 Å². The number of phenolic OH excluding ortho intramolecular Hbond substituents is 1. The molecule has 0 saturated carbocycles. The number of carbonyl (C=O) groups is 2. The van der Waals surface area contributed by atoms with E-state index in [0.29, 0.717) is 27.9 Å². The molecule has 0 heterocycles. The van der Waals surface area contributed by atoms with Crippen molar-refractivity contribution in [2.24, 2.45) is 0 Å². The predicted molar refractivity (Wildman–Crippen MR) is 155 cm³/mol. The number of para-hydroxylation sites is 2. The summed E-state index contributed by atoms with van der Waals surface area (Å²) in [5.41, 5.74) is 4.31. The molecule has 0 aliphatic carbocycles. The van der Waals surface area contributed by atoms with Crippen molar-refractivity contribution in [3.8, 4) is 11.5 Å². The van der Waals surface area contributed by atoms with Crippen LogP contribution in [-0.4, -0.2) is 17.1 Å². The van der Waals surface area contributed by atoms with Crippen molar-refractivity contribution < 1.29 is 19.4 Å². The van der Waals surface area contributed by atoms with Gasteiger partial charge in [-0.3, -0.25) is 9.69 Å². The van der Waals surface area contributed by atoms with E-state index in [4.69, 9.17) is 4.74 Å². The van der Waals surface area contributed by atoms with Crippen LogP contribution in [0.3, 0.4) is 0 Å². The molecule has 5 aromatic rings. The molecule has 5 aromatic carbocycles. The summed E-state index contributed by atoms with van der Waals surface area (Å²) in [6.07, 6.45) is -0.560. The quantitative estimate of drug-likeness (QED) is 0.243. The van der Waals surface area contributed by atoms with Crippen molar-refractivity contribution >= 4 is 34.1 Å². The molecule has 0 unspecified atom stereocenters. The van der Waals surface area contributed by atoms with E-state index in [0.717, 1.165) is 16.7 Å². The average molecular weight is 517 g/mol. The Hall–Kier alpha value is -5.10. The molecule has 194 valence electrons. The number of carbonyl (C=O) groups excluding carboxylic acids is 2. The van der Waals surface area contributed by atoms with Crippen molar-refractivity contribution in [1.82, 2.24) is 0 Å². The second-order valence-electron chi connectivity index (χ2n) is 9.36. The summed E-state index contributed by atoms with van der Waals surface area (Å²) in [5, 5.41) is 15.1. The number of benzene rings is 5. The summed E-state index contributed by atoms with van der Waals surface area (Å²) in [6, 6.07) is 32.8. The minimum Gasteiger partial charge on any atom is -0.506 e. The van der Waals surface area contributed by atoms with Gasteiger partial charge in [-0.2, -0.15) is 0 Å². The highest BCUT2D eigenvalue weighted by Crippen LogP contribution is 2.36. The molecule has 0 atom stereocenters. The van der Waals surface area contributed by atoms with Crippen LogP contribution in [-0.2, 0) is 6.54 Å². The highest BCUT2D eigenvalue weighted by atomic mass is 16.6. The fourth-order valence-electron chi connectivity index (χ4n) is 4.42. The number of rotatable bonds is 6. The summed E-state index contributed by atoms with van der Waals surface area (Å²) in [5.74, 6) is -0.157. The van der Waals surface area contributed by atoms with Crippen molar-refractivity contribution in [3.63, 3.8) is 0 Å². The van der Waals surface area contributed by atoms with Crippen LogP contribution in [0.2, 0.25) is 0 Å². The lowest BCUT2D eigenvalue weighted by Crippen LogP contribution is -2.33. The normalized spacial score (nSPS) is 10.7. The third kappa shape index (κ3) is 5.60. The molecule has 2 amide bonds. The molecule has 2 N–H and O–H groups in total. The maximum atomic E-state index is 13.5. The van der Waals surface area contributed by atoms with E-state index >= 15 is 0 Å². The lowest BCUT2D eigenvalue weighted by Gasteiger charge is -2.24. The number of ether oxygens (including phenoxy) is 1. The first-order valence-corrected chi connectivity index (χ1v) is 12.6. The Morgan fingerprint density at radius 3 is 2.23 bits per heavy atom. The standard InChI is InChI=1S/C33H28N2O4/c1-22-15-17-24(18-16-22)21-35(33(38)39-25-10-4-3-5-11-25)30-14-8-12-27-26(30)19-20-28(31(27)36)32(37)34-29-13-7-6-9-23(29)2/h3-20,36H,21H2,1-2H3,(H,34,37). The minimum atomic E-state index is -0.560. The van der Waals surface area contributed by atoms with Crippen molar-refractivity contribution in [2.45, 2.75) is 20.4 Å². The Morgan fingerprint density at radius 2 is 1.49 bits per heavy atom. The molecule has 0 aromatic heterocycles.